The highest BCUT2D eigenvalue weighted by Crippen LogP contribution is 2.24. The third kappa shape index (κ3) is 6.91. The Morgan fingerprint density at radius 3 is 2.21 bits per heavy atom. The van der Waals surface area contributed by atoms with Gasteiger partial charge in [-0.25, -0.2) is 0 Å². The highest BCUT2D eigenvalue weighted by Gasteiger charge is 2.27. The molecule has 156 valence electrons. The topological polar surface area (TPSA) is 49.4 Å². The molecule has 2 rings (SSSR count). The molecule has 7 heteroatoms. The molecule has 0 unspecified atom stereocenters. The summed E-state index contributed by atoms with van der Waals surface area (Å²) in [5.41, 5.74) is 1.55. The molecule has 0 aromatic heterocycles. The lowest BCUT2D eigenvalue weighted by Gasteiger charge is -2.30. The number of benzene rings is 2. The molecule has 0 spiro atoms. The van der Waals surface area contributed by atoms with Crippen molar-refractivity contribution in [3.8, 4) is 0 Å². The summed E-state index contributed by atoms with van der Waals surface area (Å²) in [6.45, 7) is 5.85. The summed E-state index contributed by atoms with van der Waals surface area (Å²) in [5.74, 6) is -0.376. The summed E-state index contributed by atoms with van der Waals surface area (Å²) in [5, 5.41) is 4.51. The molecule has 2 aromatic rings. The van der Waals surface area contributed by atoms with Crippen molar-refractivity contribution in [2.45, 2.75) is 52.2 Å². The van der Waals surface area contributed by atoms with Gasteiger partial charge in [-0.1, -0.05) is 59.9 Å². The normalized spacial score (nSPS) is 12.9. The molecular weight excluding hydrogens is 431 g/mol. The number of nitrogens with one attached hydrogen (secondary N) is 1. The van der Waals surface area contributed by atoms with E-state index in [2.05, 4.69) is 5.32 Å². The van der Waals surface area contributed by atoms with Gasteiger partial charge in [0.1, 0.15) is 6.04 Å². The maximum Gasteiger partial charge on any atom is 0.242 e. The number of amides is 2. The van der Waals surface area contributed by atoms with Crippen LogP contribution in [0.15, 0.2) is 42.5 Å². The molecular formula is C22H25Cl3N2O2. The van der Waals surface area contributed by atoms with Gasteiger partial charge in [-0.05, 0) is 55.7 Å². The molecule has 2 atom stereocenters. The molecule has 0 heterocycles. The van der Waals surface area contributed by atoms with Crippen LogP contribution >= 0.6 is 34.8 Å². The van der Waals surface area contributed by atoms with E-state index in [1.807, 2.05) is 13.8 Å². The smallest absolute Gasteiger partial charge is 0.242 e. The molecule has 0 saturated carbocycles. The number of halogens is 3. The predicted octanol–water partition coefficient (Wildman–Crippen LogP) is 5.52. The fourth-order valence-electron chi connectivity index (χ4n) is 2.76. The number of hydrogen-bond acceptors (Lipinski definition) is 2. The average Bonchev–Trinajstić information content (AvgIpc) is 2.68. The van der Waals surface area contributed by atoms with Gasteiger partial charge in [0.2, 0.25) is 11.8 Å². The Morgan fingerprint density at radius 2 is 1.62 bits per heavy atom. The lowest BCUT2D eigenvalue weighted by atomic mass is 10.1. The summed E-state index contributed by atoms with van der Waals surface area (Å²) in [7, 11) is 0. The first-order valence-electron chi connectivity index (χ1n) is 9.49. The molecule has 0 radical (unpaired) electrons. The Balaban J connectivity index is 2.26. The molecule has 4 nitrogen and oxygen atoms in total. The third-order valence-corrected chi connectivity index (χ3v) is 5.63. The van der Waals surface area contributed by atoms with Gasteiger partial charge in [0, 0.05) is 27.7 Å². The van der Waals surface area contributed by atoms with Crippen LogP contribution < -0.4 is 5.32 Å². The van der Waals surface area contributed by atoms with E-state index in [-0.39, 0.29) is 30.8 Å². The van der Waals surface area contributed by atoms with Gasteiger partial charge in [0.25, 0.3) is 0 Å². The molecule has 29 heavy (non-hydrogen) atoms. The van der Waals surface area contributed by atoms with Gasteiger partial charge >= 0.3 is 0 Å². The zero-order valence-corrected chi connectivity index (χ0v) is 19.0. The Labute approximate surface area is 187 Å². The van der Waals surface area contributed by atoms with Crippen LogP contribution in [-0.4, -0.2) is 28.8 Å². The van der Waals surface area contributed by atoms with Crippen LogP contribution in [0.3, 0.4) is 0 Å². The van der Waals surface area contributed by atoms with E-state index in [9.17, 15) is 9.59 Å². The summed E-state index contributed by atoms with van der Waals surface area (Å²) in [4.78, 5) is 27.4. The molecule has 0 aliphatic carbocycles. The number of carbonyl (C=O) groups excluding carboxylic acids is 2. The molecule has 2 amide bonds. The second kappa shape index (κ2) is 10.9. The van der Waals surface area contributed by atoms with Gasteiger partial charge in [0.15, 0.2) is 0 Å². The zero-order valence-electron chi connectivity index (χ0n) is 16.7. The maximum absolute atomic E-state index is 13.1. The van der Waals surface area contributed by atoms with Gasteiger partial charge in [0.05, 0.1) is 6.42 Å². The second-order valence-electron chi connectivity index (χ2n) is 7.05. The van der Waals surface area contributed by atoms with Crippen molar-refractivity contribution in [3.63, 3.8) is 0 Å². The fourth-order valence-corrected chi connectivity index (χ4v) is 3.35. The van der Waals surface area contributed by atoms with E-state index in [1.54, 1.807) is 54.3 Å². The van der Waals surface area contributed by atoms with Crippen molar-refractivity contribution >= 4 is 46.6 Å². The first kappa shape index (κ1) is 23.5. The SMILES string of the molecule is CC[C@@H](C)NC(=O)[C@@H](C)N(Cc1ccc(Cl)cc1Cl)C(=O)Cc1ccc(Cl)cc1. The van der Waals surface area contributed by atoms with Gasteiger partial charge in [-0.3, -0.25) is 9.59 Å². The summed E-state index contributed by atoms with van der Waals surface area (Å²) >= 11 is 18.2. The number of rotatable bonds is 8. The van der Waals surface area contributed by atoms with Crippen LogP contribution in [0.25, 0.3) is 0 Å². The summed E-state index contributed by atoms with van der Waals surface area (Å²) in [6, 6.07) is 11.6. The highest BCUT2D eigenvalue weighted by atomic mass is 35.5. The largest absolute Gasteiger partial charge is 0.352 e. The van der Waals surface area contributed by atoms with E-state index in [4.69, 9.17) is 34.8 Å². The quantitative estimate of drug-likeness (QED) is 0.569. The van der Waals surface area contributed by atoms with Crippen LogP contribution in [0.5, 0.6) is 0 Å². The van der Waals surface area contributed by atoms with Crippen LogP contribution in [0, 0.1) is 0 Å². The van der Waals surface area contributed by atoms with E-state index < -0.39 is 6.04 Å². The van der Waals surface area contributed by atoms with Crippen molar-refractivity contribution < 1.29 is 9.59 Å². The minimum absolute atomic E-state index is 0.0253. The Hall–Kier alpha value is -1.75. The molecule has 0 aliphatic rings. The molecule has 0 saturated heterocycles. The third-order valence-electron chi connectivity index (χ3n) is 4.79. The molecule has 0 aliphatic heterocycles. The monoisotopic (exact) mass is 454 g/mol. The van der Waals surface area contributed by atoms with Gasteiger partial charge < -0.3 is 10.2 Å². The van der Waals surface area contributed by atoms with E-state index in [0.717, 1.165) is 17.5 Å². The minimum Gasteiger partial charge on any atom is -0.352 e. The lowest BCUT2D eigenvalue weighted by Crippen LogP contribution is -2.49. The van der Waals surface area contributed by atoms with E-state index in [1.165, 1.54) is 0 Å². The van der Waals surface area contributed by atoms with Gasteiger partial charge in [-0.2, -0.15) is 0 Å². The van der Waals surface area contributed by atoms with Crippen LogP contribution in [0.1, 0.15) is 38.3 Å². The van der Waals surface area contributed by atoms with Crippen LogP contribution in [0.4, 0.5) is 0 Å². The first-order chi connectivity index (χ1) is 13.7. The van der Waals surface area contributed by atoms with E-state index >= 15 is 0 Å². The van der Waals surface area contributed by atoms with Crippen LogP contribution in [-0.2, 0) is 22.6 Å². The highest BCUT2D eigenvalue weighted by molar-refractivity contribution is 6.35. The summed E-state index contributed by atoms with van der Waals surface area (Å²) < 4.78 is 0. The predicted molar refractivity (Wildman–Crippen MR) is 120 cm³/mol. The Bertz CT molecular complexity index is 856. The standard InChI is InChI=1S/C22H25Cl3N2O2/c1-4-14(2)26-22(29)15(3)27(13-17-7-10-19(24)12-20(17)25)21(28)11-16-5-8-18(23)9-6-16/h5-10,12,14-15H,4,11,13H2,1-3H3,(H,26,29)/t14-,15-/m1/s1. The Kier molecular flexibility index (Phi) is 8.81. The second-order valence-corrected chi connectivity index (χ2v) is 8.33. The Morgan fingerprint density at radius 1 is 1.00 bits per heavy atom. The van der Waals surface area contributed by atoms with Crippen molar-refractivity contribution in [1.82, 2.24) is 10.2 Å². The number of hydrogen-bond donors (Lipinski definition) is 1. The van der Waals surface area contributed by atoms with Crippen molar-refractivity contribution in [3.05, 3.63) is 68.7 Å². The van der Waals surface area contributed by atoms with Crippen molar-refractivity contribution in [2.24, 2.45) is 0 Å². The maximum atomic E-state index is 13.1. The average molecular weight is 456 g/mol. The first-order valence-corrected chi connectivity index (χ1v) is 10.6. The molecule has 0 fully saturated rings. The number of nitrogens with zero attached hydrogens (tertiary/aromatic N) is 1. The fraction of sp³-hybridized carbons (Fsp3) is 0.364. The summed E-state index contributed by atoms with van der Waals surface area (Å²) in [6.07, 6.45) is 0.962. The molecule has 1 N–H and O–H groups in total. The van der Waals surface area contributed by atoms with Crippen molar-refractivity contribution in [1.29, 1.82) is 0 Å². The molecule has 2 aromatic carbocycles. The van der Waals surface area contributed by atoms with E-state index in [0.29, 0.717) is 15.1 Å². The van der Waals surface area contributed by atoms with Gasteiger partial charge in [-0.15, -0.1) is 0 Å². The van der Waals surface area contributed by atoms with Crippen LogP contribution in [0.2, 0.25) is 15.1 Å². The lowest BCUT2D eigenvalue weighted by molar-refractivity contribution is -0.140. The van der Waals surface area contributed by atoms with Crippen molar-refractivity contribution in [2.75, 3.05) is 0 Å². The zero-order chi connectivity index (χ0) is 21.6. The number of carbonyl (C=O) groups is 2. The molecule has 0 bridgehead atoms. The minimum atomic E-state index is -0.657.